The zero-order valence-electron chi connectivity index (χ0n) is 10.7. The second-order valence-corrected chi connectivity index (χ2v) is 4.69. The lowest BCUT2D eigenvalue weighted by Crippen LogP contribution is -2.16. The summed E-state index contributed by atoms with van der Waals surface area (Å²) < 4.78 is 0. The molecule has 0 bridgehead atoms. The Labute approximate surface area is 117 Å². The molecule has 1 N–H and O–H groups in total. The van der Waals surface area contributed by atoms with Crippen molar-refractivity contribution in [3.63, 3.8) is 0 Å². The fourth-order valence-corrected chi connectivity index (χ4v) is 1.86. The molecule has 0 aliphatic heterocycles. The van der Waals surface area contributed by atoms with Gasteiger partial charge in [0.2, 0.25) is 0 Å². The van der Waals surface area contributed by atoms with Crippen LogP contribution in [0.25, 0.3) is 0 Å². The number of nitrogens with one attached hydrogen (secondary N) is 1. The van der Waals surface area contributed by atoms with Gasteiger partial charge in [-0.2, -0.15) is 0 Å². The van der Waals surface area contributed by atoms with Crippen molar-refractivity contribution in [2.75, 3.05) is 24.3 Å². The van der Waals surface area contributed by atoms with Gasteiger partial charge in [-0.05, 0) is 30.3 Å². The highest BCUT2D eigenvalue weighted by Gasteiger charge is 2.10. The van der Waals surface area contributed by atoms with Gasteiger partial charge in [0, 0.05) is 31.5 Å². The van der Waals surface area contributed by atoms with Crippen molar-refractivity contribution in [3.05, 3.63) is 53.3 Å². The van der Waals surface area contributed by atoms with Crippen LogP contribution in [0.15, 0.2) is 42.7 Å². The molecule has 0 unspecified atom stereocenters. The van der Waals surface area contributed by atoms with Crippen LogP contribution in [0.5, 0.6) is 0 Å². The highest BCUT2D eigenvalue weighted by molar-refractivity contribution is 6.31. The molecule has 19 heavy (non-hydrogen) atoms. The summed E-state index contributed by atoms with van der Waals surface area (Å²) in [6, 6.07) is 8.81. The summed E-state index contributed by atoms with van der Waals surface area (Å²) in [6.07, 6.45) is 3.15. The minimum absolute atomic E-state index is 0.210. The third-order valence-electron chi connectivity index (χ3n) is 2.61. The van der Waals surface area contributed by atoms with Crippen molar-refractivity contribution >= 4 is 28.9 Å². The Bertz CT molecular complexity index is 584. The van der Waals surface area contributed by atoms with Crippen LogP contribution in [0, 0.1) is 0 Å². The predicted molar refractivity (Wildman–Crippen MR) is 78.0 cm³/mol. The van der Waals surface area contributed by atoms with Crippen LogP contribution in [-0.4, -0.2) is 25.0 Å². The van der Waals surface area contributed by atoms with Crippen LogP contribution in [0.1, 0.15) is 10.4 Å². The molecule has 0 aliphatic carbocycles. The second kappa shape index (κ2) is 5.71. The number of halogens is 1. The number of nitrogens with zero attached hydrogens (tertiary/aromatic N) is 2. The third kappa shape index (κ3) is 3.23. The lowest BCUT2D eigenvalue weighted by atomic mass is 10.2. The molecule has 2 aromatic rings. The fraction of sp³-hybridized carbons (Fsp3) is 0.143. The molecule has 1 aromatic heterocycles. The van der Waals surface area contributed by atoms with Gasteiger partial charge in [-0.25, -0.2) is 0 Å². The van der Waals surface area contributed by atoms with Crippen molar-refractivity contribution in [3.8, 4) is 0 Å². The van der Waals surface area contributed by atoms with E-state index in [-0.39, 0.29) is 5.91 Å². The van der Waals surface area contributed by atoms with E-state index in [1.165, 1.54) is 6.20 Å². The van der Waals surface area contributed by atoms with Gasteiger partial charge in [0.1, 0.15) is 0 Å². The van der Waals surface area contributed by atoms with Gasteiger partial charge in [-0.1, -0.05) is 11.6 Å². The Balaban J connectivity index is 2.28. The Morgan fingerprint density at radius 1 is 1.32 bits per heavy atom. The quantitative estimate of drug-likeness (QED) is 0.936. The summed E-state index contributed by atoms with van der Waals surface area (Å²) in [5.74, 6) is -0.210. The highest BCUT2D eigenvalue weighted by atomic mass is 35.5. The number of benzene rings is 1. The van der Waals surface area contributed by atoms with Crippen molar-refractivity contribution in [2.24, 2.45) is 0 Å². The van der Waals surface area contributed by atoms with Gasteiger partial charge in [0.25, 0.3) is 5.91 Å². The first-order chi connectivity index (χ1) is 9.08. The number of amides is 1. The largest absolute Gasteiger partial charge is 0.376 e. The SMILES string of the molecule is CN(C)c1ccc(Cl)cc1NC(=O)c1cccnc1. The molecular formula is C14H14ClN3O. The topological polar surface area (TPSA) is 45.2 Å². The summed E-state index contributed by atoms with van der Waals surface area (Å²) in [6.45, 7) is 0. The summed E-state index contributed by atoms with van der Waals surface area (Å²) in [4.78, 5) is 17.9. The maximum atomic E-state index is 12.1. The minimum atomic E-state index is -0.210. The molecular weight excluding hydrogens is 262 g/mol. The highest BCUT2D eigenvalue weighted by Crippen LogP contribution is 2.28. The number of rotatable bonds is 3. The Hall–Kier alpha value is -2.07. The number of anilines is 2. The van der Waals surface area contributed by atoms with Crippen molar-refractivity contribution in [1.82, 2.24) is 4.98 Å². The summed E-state index contributed by atoms with van der Waals surface area (Å²) in [5.41, 5.74) is 2.07. The number of pyridine rings is 1. The van der Waals surface area contributed by atoms with E-state index in [1.54, 1.807) is 30.5 Å². The molecule has 0 saturated heterocycles. The van der Waals surface area contributed by atoms with Gasteiger partial charge < -0.3 is 10.2 Å². The molecule has 1 heterocycles. The number of hydrogen-bond donors (Lipinski definition) is 1. The zero-order chi connectivity index (χ0) is 13.8. The lowest BCUT2D eigenvalue weighted by molar-refractivity contribution is 0.102. The average molecular weight is 276 g/mol. The molecule has 1 amide bonds. The molecule has 1 aromatic carbocycles. The van der Waals surface area contributed by atoms with Crippen molar-refractivity contribution < 1.29 is 4.79 Å². The summed E-state index contributed by atoms with van der Waals surface area (Å²) in [5, 5.41) is 3.42. The van der Waals surface area contributed by atoms with Crippen molar-refractivity contribution in [2.45, 2.75) is 0 Å². The van der Waals surface area contributed by atoms with Crippen LogP contribution < -0.4 is 10.2 Å². The Morgan fingerprint density at radius 3 is 2.74 bits per heavy atom. The van der Waals surface area contributed by atoms with E-state index in [9.17, 15) is 4.79 Å². The van der Waals surface area contributed by atoms with E-state index >= 15 is 0 Å². The predicted octanol–water partition coefficient (Wildman–Crippen LogP) is 3.05. The number of carbonyl (C=O) groups excluding carboxylic acids is 1. The molecule has 4 nitrogen and oxygen atoms in total. The molecule has 0 spiro atoms. The normalized spacial score (nSPS) is 10.1. The molecule has 5 heteroatoms. The van der Waals surface area contributed by atoms with Crippen LogP contribution in [0.3, 0.4) is 0 Å². The number of aromatic nitrogens is 1. The first-order valence-electron chi connectivity index (χ1n) is 5.76. The van der Waals surface area contributed by atoms with Crippen LogP contribution >= 0.6 is 11.6 Å². The number of hydrogen-bond acceptors (Lipinski definition) is 3. The molecule has 2 rings (SSSR count). The Morgan fingerprint density at radius 2 is 2.11 bits per heavy atom. The molecule has 0 aliphatic rings. The van der Waals surface area contributed by atoms with Gasteiger partial charge in [0.15, 0.2) is 0 Å². The van der Waals surface area contributed by atoms with Crippen LogP contribution in [0.2, 0.25) is 5.02 Å². The van der Waals surface area contributed by atoms with Gasteiger partial charge in [-0.3, -0.25) is 9.78 Å². The fourth-order valence-electron chi connectivity index (χ4n) is 1.69. The van der Waals surface area contributed by atoms with E-state index in [0.717, 1.165) is 5.69 Å². The maximum Gasteiger partial charge on any atom is 0.257 e. The third-order valence-corrected chi connectivity index (χ3v) is 2.85. The zero-order valence-corrected chi connectivity index (χ0v) is 11.5. The van der Waals surface area contributed by atoms with Gasteiger partial charge >= 0.3 is 0 Å². The van der Waals surface area contributed by atoms with E-state index in [4.69, 9.17) is 11.6 Å². The van der Waals surface area contributed by atoms with E-state index in [0.29, 0.717) is 16.3 Å². The van der Waals surface area contributed by atoms with Crippen LogP contribution in [-0.2, 0) is 0 Å². The average Bonchev–Trinajstić information content (AvgIpc) is 2.39. The maximum absolute atomic E-state index is 12.1. The smallest absolute Gasteiger partial charge is 0.257 e. The monoisotopic (exact) mass is 275 g/mol. The molecule has 0 radical (unpaired) electrons. The molecule has 0 atom stereocenters. The summed E-state index contributed by atoms with van der Waals surface area (Å²) in [7, 11) is 3.81. The molecule has 0 saturated carbocycles. The molecule has 0 fully saturated rings. The van der Waals surface area contributed by atoms with Crippen LogP contribution in [0.4, 0.5) is 11.4 Å². The number of carbonyl (C=O) groups is 1. The van der Waals surface area contributed by atoms with Gasteiger partial charge in [0.05, 0.1) is 16.9 Å². The van der Waals surface area contributed by atoms with E-state index < -0.39 is 0 Å². The Kier molecular flexibility index (Phi) is 4.02. The first kappa shape index (κ1) is 13.4. The van der Waals surface area contributed by atoms with E-state index in [2.05, 4.69) is 10.3 Å². The summed E-state index contributed by atoms with van der Waals surface area (Å²) >= 11 is 5.97. The lowest BCUT2D eigenvalue weighted by Gasteiger charge is -2.18. The standard InChI is InChI=1S/C14H14ClN3O/c1-18(2)13-6-5-11(15)8-12(13)17-14(19)10-4-3-7-16-9-10/h3-9H,1-2H3,(H,17,19). The van der Waals surface area contributed by atoms with Crippen molar-refractivity contribution in [1.29, 1.82) is 0 Å². The molecule has 98 valence electrons. The minimum Gasteiger partial charge on any atom is -0.376 e. The second-order valence-electron chi connectivity index (χ2n) is 4.25. The first-order valence-corrected chi connectivity index (χ1v) is 6.14. The van der Waals surface area contributed by atoms with Gasteiger partial charge in [-0.15, -0.1) is 0 Å². The van der Waals surface area contributed by atoms with E-state index in [1.807, 2.05) is 25.1 Å².